The number of nitrogens with one attached hydrogen (secondary N) is 2. The zero-order chi connectivity index (χ0) is 19.8. The van der Waals surface area contributed by atoms with E-state index >= 15 is 0 Å². The largest absolute Gasteiger partial charge is 0.325 e. The molecule has 0 saturated carbocycles. The van der Waals surface area contributed by atoms with Gasteiger partial charge in [-0.2, -0.15) is 0 Å². The number of aromatic amines is 1. The van der Waals surface area contributed by atoms with Gasteiger partial charge in [0.15, 0.2) is 5.16 Å². The van der Waals surface area contributed by atoms with E-state index in [0.29, 0.717) is 11.1 Å². The van der Waals surface area contributed by atoms with Crippen molar-refractivity contribution in [2.24, 2.45) is 5.92 Å². The molecule has 1 atom stereocenters. The second-order valence-corrected chi connectivity index (χ2v) is 9.55. The minimum atomic E-state index is -0.107. The number of para-hydroxylation sites is 1. The smallest absolute Gasteiger partial charge is 0.260 e. The van der Waals surface area contributed by atoms with Crippen LogP contribution in [-0.2, 0) is 17.6 Å². The summed E-state index contributed by atoms with van der Waals surface area (Å²) in [6.45, 7) is 6.20. The molecule has 2 aromatic heterocycles. The number of carbonyl (C=O) groups excluding carboxylic acids is 1. The third-order valence-electron chi connectivity index (χ3n) is 5.23. The molecule has 1 aliphatic carbocycles. The molecule has 28 heavy (non-hydrogen) atoms. The van der Waals surface area contributed by atoms with Crippen molar-refractivity contribution in [1.29, 1.82) is 0 Å². The van der Waals surface area contributed by atoms with Crippen molar-refractivity contribution in [2.45, 2.75) is 45.2 Å². The molecule has 0 saturated heterocycles. The number of anilines is 1. The Morgan fingerprint density at radius 1 is 1.36 bits per heavy atom. The highest BCUT2D eigenvalue weighted by atomic mass is 32.2. The lowest BCUT2D eigenvalue weighted by molar-refractivity contribution is -0.113. The van der Waals surface area contributed by atoms with Gasteiger partial charge in [0.2, 0.25) is 5.91 Å². The number of hydrogen-bond acceptors (Lipinski definition) is 5. The fourth-order valence-electron chi connectivity index (χ4n) is 3.72. The summed E-state index contributed by atoms with van der Waals surface area (Å²) in [5.41, 5.74) is 4.00. The first-order valence-corrected chi connectivity index (χ1v) is 11.3. The van der Waals surface area contributed by atoms with Crippen LogP contribution in [-0.4, -0.2) is 21.6 Å². The van der Waals surface area contributed by atoms with Gasteiger partial charge in [-0.05, 0) is 55.7 Å². The molecule has 0 radical (unpaired) electrons. The zero-order valence-corrected chi connectivity index (χ0v) is 17.9. The van der Waals surface area contributed by atoms with Crippen LogP contribution >= 0.6 is 23.1 Å². The lowest BCUT2D eigenvalue weighted by Crippen LogP contribution is -2.17. The van der Waals surface area contributed by atoms with Gasteiger partial charge >= 0.3 is 0 Å². The van der Waals surface area contributed by atoms with Gasteiger partial charge in [0.05, 0.1) is 11.1 Å². The summed E-state index contributed by atoms with van der Waals surface area (Å²) in [4.78, 5) is 34.6. The molecule has 0 unspecified atom stereocenters. The van der Waals surface area contributed by atoms with Crippen LogP contribution in [0.4, 0.5) is 5.69 Å². The number of H-pyrrole nitrogens is 1. The molecule has 1 aliphatic rings. The van der Waals surface area contributed by atoms with E-state index in [4.69, 9.17) is 0 Å². The third-order valence-corrected chi connectivity index (χ3v) is 7.25. The van der Waals surface area contributed by atoms with Crippen molar-refractivity contribution < 1.29 is 4.79 Å². The van der Waals surface area contributed by atoms with Crippen LogP contribution in [0, 0.1) is 19.8 Å². The highest BCUT2D eigenvalue weighted by Crippen LogP contribution is 2.36. The molecule has 0 spiro atoms. The van der Waals surface area contributed by atoms with Crippen LogP contribution in [0.15, 0.2) is 28.2 Å². The van der Waals surface area contributed by atoms with Crippen molar-refractivity contribution >= 4 is 44.9 Å². The Balaban J connectivity index is 1.51. The van der Waals surface area contributed by atoms with Crippen LogP contribution in [0.2, 0.25) is 0 Å². The average Bonchev–Trinajstić information content (AvgIpc) is 3.01. The van der Waals surface area contributed by atoms with Crippen molar-refractivity contribution in [2.75, 3.05) is 11.1 Å². The first kappa shape index (κ1) is 19.2. The topological polar surface area (TPSA) is 74.8 Å². The summed E-state index contributed by atoms with van der Waals surface area (Å²) < 4.78 is 0. The van der Waals surface area contributed by atoms with Crippen molar-refractivity contribution in [3.8, 4) is 0 Å². The standard InChI is InChI=1S/C21H23N3O2S2/c1-11-7-8-14-15(9-11)28-20-17(14)19(26)23-21(24-20)27-10-16(25)22-18-12(2)5-4-6-13(18)3/h4-6,11H,7-10H2,1-3H3,(H,22,25)(H,23,24,26)/t11-/m1/s1. The van der Waals surface area contributed by atoms with Gasteiger partial charge in [-0.1, -0.05) is 36.9 Å². The molecule has 2 heterocycles. The van der Waals surface area contributed by atoms with Gasteiger partial charge in [-0.3, -0.25) is 9.59 Å². The number of benzene rings is 1. The molecule has 2 N–H and O–H groups in total. The van der Waals surface area contributed by atoms with Crippen molar-refractivity contribution in [1.82, 2.24) is 9.97 Å². The Morgan fingerprint density at radius 2 is 2.11 bits per heavy atom. The first-order chi connectivity index (χ1) is 13.4. The normalized spacial score (nSPS) is 16.2. The minimum absolute atomic E-state index is 0.0882. The van der Waals surface area contributed by atoms with E-state index in [1.54, 1.807) is 11.3 Å². The van der Waals surface area contributed by atoms with Crippen molar-refractivity contribution in [3.63, 3.8) is 0 Å². The van der Waals surface area contributed by atoms with E-state index in [1.807, 2.05) is 32.0 Å². The maximum atomic E-state index is 12.6. The molecule has 7 heteroatoms. The number of aryl methyl sites for hydroxylation is 3. The lowest BCUT2D eigenvalue weighted by atomic mass is 9.89. The Hall–Kier alpha value is -2.12. The predicted octanol–water partition coefficient (Wildman–Crippen LogP) is 4.46. The van der Waals surface area contributed by atoms with Gasteiger partial charge < -0.3 is 10.3 Å². The molecule has 3 aromatic rings. The van der Waals surface area contributed by atoms with Gasteiger partial charge in [0.1, 0.15) is 4.83 Å². The molecule has 1 aromatic carbocycles. The highest BCUT2D eigenvalue weighted by molar-refractivity contribution is 7.99. The molecular formula is C21H23N3O2S2. The molecule has 5 nitrogen and oxygen atoms in total. The SMILES string of the molecule is Cc1cccc(C)c1NC(=O)CSc1nc2sc3c(c2c(=O)[nH]1)CC[C@@H](C)C3. The maximum Gasteiger partial charge on any atom is 0.260 e. The van der Waals surface area contributed by atoms with E-state index in [2.05, 4.69) is 22.2 Å². The Morgan fingerprint density at radius 3 is 2.86 bits per heavy atom. The summed E-state index contributed by atoms with van der Waals surface area (Å²) in [6, 6.07) is 5.92. The summed E-state index contributed by atoms with van der Waals surface area (Å²) in [5, 5.41) is 4.22. The van der Waals surface area contributed by atoms with Gasteiger partial charge in [0, 0.05) is 10.6 Å². The van der Waals surface area contributed by atoms with Gasteiger partial charge in [0.25, 0.3) is 5.56 Å². The van der Waals surface area contributed by atoms with E-state index in [-0.39, 0.29) is 17.2 Å². The van der Waals surface area contributed by atoms with Gasteiger partial charge in [-0.25, -0.2) is 4.98 Å². The van der Waals surface area contributed by atoms with E-state index in [0.717, 1.165) is 46.3 Å². The molecule has 1 amide bonds. The number of carbonyl (C=O) groups is 1. The number of fused-ring (bicyclic) bond motifs is 3. The summed E-state index contributed by atoms with van der Waals surface area (Å²) in [6.07, 6.45) is 3.09. The second kappa shape index (κ2) is 7.72. The van der Waals surface area contributed by atoms with Crippen molar-refractivity contribution in [3.05, 3.63) is 50.1 Å². The Labute approximate surface area is 172 Å². The second-order valence-electron chi connectivity index (χ2n) is 7.51. The molecule has 4 rings (SSSR count). The predicted molar refractivity (Wildman–Crippen MR) is 117 cm³/mol. The molecular weight excluding hydrogens is 390 g/mol. The number of rotatable bonds is 4. The number of thiophene rings is 1. The summed E-state index contributed by atoms with van der Waals surface area (Å²) in [5.74, 6) is 0.746. The van der Waals surface area contributed by atoms with Crippen LogP contribution < -0.4 is 10.9 Å². The van der Waals surface area contributed by atoms with Gasteiger partial charge in [-0.15, -0.1) is 11.3 Å². The minimum Gasteiger partial charge on any atom is -0.325 e. The van der Waals surface area contributed by atoms with Crippen LogP contribution in [0.5, 0.6) is 0 Å². The number of thioether (sulfide) groups is 1. The Bertz CT molecular complexity index is 1100. The van der Waals surface area contributed by atoms with E-state index < -0.39 is 0 Å². The molecule has 146 valence electrons. The average molecular weight is 414 g/mol. The third kappa shape index (κ3) is 3.73. The fraction of sp³-hybridized carbons (Fsp3) is 0.381. The van der Waals surface area contributed by atoms with Crippen LogP contribution in [0.1, 0.15) is 34.9 Å². The zero-order valence-electron chi connectivity index (χ0n) is 16.2. The lowest BCUT2D eigenvalue weighted by Gasteiger charge is -2.17. The summed E-state index contributed by atoms with van der Waals surface area (Å²) >= 11 is 2.89. The number of amides is 1. The number of aromatic nitrogens is 2. The monoisotopic (exact) mass is 413 g/mol. The maximum absolute atomic E-state index is 12.6. The van der Waals surface area contributed by atoms with E-state index in [9.17, 15) is 9.59 Å². The summed E-state index contributed by atoms with van der Waals surface area (Å²) in [7, 11) is 0. The Kier molecular flexibility index (Phi) is 5.29. The van der Waals surface area contributed by atoms with Crippen LogP contribution in [0.3, 0.4) is 0 Å². The number of nitrogens with zero attached hydrogens (tertiary/aromatic N) is 1. The number of hydrogen-bond donors (Lipinski definition) is 2. The fourth-order valence-corrected chi connectivity index (χ4v) is 5.82. The van der Waals surface area contributed by atoms with E-state index in [1.165, 1.54) is 22.2 Å². The quantitative estimate of drug-likeness (QED) is 0.489. The highest BCUT2D eigenvalue weighted by Gasteiger charge is 2.23. The molecule has 0 aliphatic heterocycles. The molecule has 0 bridgehead atoms. The molecule has 0 fully saturated rings. The van der Waals surface area contributed by atoms with Crippen LogP contribution in [0.25, 0.3) is 10.2 Å². The first-order valence-electron chi connectivity index (χ1n) is 9.46.